The van der Waals surface area contributed by atoms with Crippen molar-refractivity contribution in [3.63, 3.8) is 0 Å². The summed E-state index contributed by atoms with van der Waals surface area (Å²) in [4.78, 5) is 44.9. The van der Waals surface area contributed by atoms with Crippen LogP contribution in [-0.4, -0.2) is 76.9 Å². The highest BCUT2D eigenvalue weighted by atomic mass is 79.9. The number of carbonyl (C=O) groups excluding carboxylic acids is 2. The van der Waals surface area contributed by atoms with Gasteiger partial charge in [0.15, 0.2) is 5.96 Å². The molecule has 2 heterocycles. The molecule has 2 amide bonds. The van der Waals surface area contributed by atoms with Gasteiger partial charge in [0.2, 0.25) is 5.91 Å². The number of β-amino-alcohol motifs (C(OH)–C–C–N with tert-alkyl or cyclic N) is 1. The fraction of sp³-hybridized carbons (Fsp3) is 0.318. The fourth-order valence-electron chi connectivity index (χ4n) is 3.30. The number of nitrogens with one attached hydrogen (secondary N) is 4. The van der Waals surface area contributed by atoms with Crippen LogP contribution in [0, 0.1) is 0 Å². The number of phenolic OH excluding ortho intramolecular Hbond substituents is 1. The second-order valence-corrected chi connectivity index (χ2v) is 9.14. The van der Waals surface area contributed by atoms with Gasteiger partial charge in [0.1, 0.15) is 23.0 Å². The maximum atomic E-state index is 12.7. The highest BCUT2D eigenvalue weighted by Crippen LogP contribution is 2.36. The molecule has 198 valence electrons. The van der Waals surface area contributed by atoms with Crippen molar-refractivity contribution in [1.82, 2.24) is 20.9 Å². The number of benzene rings is 1. The highest BCUT2D eigenvalue weighted by Gasteiger charge is 2.23. The first kappa shape index (κ1) is 28.0. The summed E-state index contributed by atoms with van der Waals surface area (Å²) < 4.78 is 5.44. The van der Waals surface area contributed by atoms with Crippen LogP contribution in [0.3, 0.4) is 0 Å². The van der Waals surface area contributed by atoms with Crippen LogP contribution >= 0.6 is 27.5 Å². The molecular formula is C22H24BrClN6O7. The number of halogens is 2. The predicted molar refractivity (Wildman–Crippen MR) is 137 cm³/mol. The molecule has 1 aliphatic rings. The van der Waals surface area contributed by atoms with E-state index in [1.165, 1.54) is 31.4 Å². The van der Waals surface area contributed by atoms with E-state index in [4.69, 9.17) is 16.3 Å². The van der Waals surface area contributed by atoms with Gasteiger partial charge in [0.05, 0.1) is 43.2 Å². The number of ether oxygens (including phenoxy) is 1. The van der Waals surface area contributed by atoms with E-state index in [-0.39, 0.29) is 38.9 Å². The van der Waals surface area contributed by atoms with Gasteiger partial charge in [-0.3, -0.25) is 19.4 Å². The number of aromatic nitrogens is 1. The molecule has 0 fully saturated rings. The normalized spacial score (nSPS) is 15.6. The van der Waals surface area contributed by atoms with Crippen LogP contribution in [0.4, 0.5) is 5.82 Å². The Morgan fingerprint density at radius 3 is 2.70 bits per heavy atom. The minimum Gasteiger partial charge on any atom is -0.506 e. The molecular weight excluding hydrogens is 576 g/mol. The lowest BCUT2D eigenvalue weighted by atomic mass is 10.0. The monoisotopic (exact) mass is 598 g/mol. The van der Waals surface area contributed by atoms with Crippen LogP contribution < -0.4 is 26.0 Å². The van der Waals surface area contributed by atoms with Crippen LogP contribution in [-0.2, 0) is 9.59 Å². The number of pyridine rings is 1. The van der Waals surface area contributed by atoms with Crippen molar-refractivity contribution in [2.75, 3.05) is 32.1 Å². The minimum atomic E-state index is -1.22. The number of carbonyl (C=O) groups is 3. The van der Waals surface area contributed by atoms with Gasteiger partial charge in [-0.25, -0.2) is 4.98 Å². The molecule has 1 aromatic heterocycles. The summed E-state index contributed by atoms with van der Waals surface area (Å²) >= 11 is 9.14. The summed E-state index contributed by atoms with van der Waals surface area (Å²) in [5, 5.41) is 40.0. The number of guanidine groups is 1. The maximum absolute atomic E-state index is 12.7. The number of phenols is 1. The number of aliphatic hydroxyl groups excluding tert-OH is 1. The van der Waals surface area contributed by atoms with Gasteiger partial charge in [-0.1, -0.05) is 11.6 Å². The Hall–Kier alpha value is -3.62. The third kappa shape index (κ3) is 7.93. The molecule has 1 unspecified atom stereocenters. The standard InChI is InChI=1S/C22H24BrClN6O7/c1-37-12-4-16(28-17(5-12)30-22-26-7-11(31)8-27-22)21(36)25-9-18(32)29-15(6-19(33)34)13-2-10(24)3-14(23)20(13)35/h2-5,11,15,31,35H,6-9H2,1H3,(H,25,36)(H,29,32)(H,33,34)(H2,26,27,28,30)/t15-/m0/s1. The molecule has 0 saturated heterocycles. The maximum Gasteiger partial charge on any atom is 0.305 e. The number of carboxylic acids is 1. The average molecular weight is 600 g/mol. The second kappa shape index (κ2) is 12.6. The Balaban J connectivity index is 1.68. The molecule has 0 saturated carbocycles. The lowest BCUT2D eigenvalue weighted by molar-refractivity contribution is -0.137. The van der Waals surface area contributed by atoms with E-state index >= 15 is 0 Å². The Labute approximate surface area is 224 Å². The third-order valence-electron chi connectivity index (χ3n) is 5.04. The van der Waals surface area contributed by atoms with E-state index < -0.39 is 42.9 Å². The molecule has 0 radical (unpaired) electrons. The number of aromatic hydroxyl groups is 1. The lowest BCUT2D eigenvalue weighted by Crippen LogP contribution is -2.42. The molecule has 3 rings (SSSR count). The van der Waals surface area contributed by atoms with Gasteiger partial charge in [-0.2, -0.15) is 0 Å². The van der Waals surface area contributed by atoms with Gasteiger partial charge in [-0.15, -0.1) is 0 Å². The second-order valence-electron chi connectivity index (χ2n) is 7.85. The number of methoxy groups -OCH3 is 1. The summed E-state index contributed by atoms with van der Waals surface area (Å²) in [6, 6.07) is 4.54. The van der Waals surface area contributed by atoms with Crippen molar-refractivity contribution in [2.24, 2.45) is 4.99 Å². The average Bonchev–Trinajstić information content (AvgIpc) is 2.85. The zero-order valence-corrected chi connectivity index (χ0v) is 21.8. The van der Waals surface area contributed by atoms with Crippen molar-refractivity contribution >= 4 is 57.1 Å². The number of carboxylic acid groups (broad SMARTS) is 1. The van der Waals surface area contributed by atoms with Gasteiger partial charge in [-0.05, 0) is 28.1 Å². The number of rotatable bonds is 9. The molecule has 1 aromatic carbocycles. The lowest BCUT2D eigenvalue weighted by Gasteiger charge is -2.20. The molecule has 15 heteroatoms. The Morgan fingerprint density at radius 2 is 2.05 bits per heavy atom. The third-order valence-corrected chi connectivity index (χ3v) is 5.86. The predicted octanol–water partition coefficient (Wildman–Crippen LogP) is 1.01. The van der Waals surface area contributed by atoms with Crippen molar-refractivity contribution in [3.8, 4) is 11.5 Å². The van der Waals surface area contributed by atoms with E-state index in [9.17, 15) is 29.7 Å². The summed E-state index contributed by atoms with van der Waals surface area (Å²) in [5.41, 5.74) is 0.0305. The first-order chi connectivity index (χ1) is 17.5. The molecule has 0 aliphatic carbocycles. The van der Waals surface area contributed by atoms with Crippen LogP contribution in [0.5, 0.6) is 11.5 Å². The molecule has 37 heavy (non-hydrogen) atoms. The topological polar surface area (TPSA) is 194 Å². The molecule has 1 aliphatic heterocycles. The smallest absolute Gasteiger partial charge is 0.305 e. The molecule has 0 bridgehead atoms. The van der Waals surface area contributed by atoms with Crippen LogP contribution in [0.2, 0.25) is 5.02 Å². The number of aliphatic carboxylic acids is 1. The number of hydrogen-bond acceptors (Lipinski definition) is 10. The van der Waals surface area contributed by atoms with Gasteiger partial charge >= 0.3 is 5.97 Å². The van der Waals surface area contributed by atoms with Crippen LogP contribution in [0.25, 0.3) is 0 Å². The van der Waals surface area contributed by atoms with Crippen molar-refractivity contribution < 1.29 is 34.4 Å². The Kier molecular flexibility index (Phi) is 9.49. The van der Waals surface area contributed by atoms with Gasteiger partial charge in [0.25, 0.3) is 5.91 Å². The van der Waals surface area contributed by atoms with Crippen molar-refractivity contribution in [2.45, 2.75) is 18.6 Å². The van der Waals surface area contributed by atoms with Crippen molar-refractivity contribution in [1.29, 1.82) is 0 Å². The molecule has 2 atom stereocenters. The first-order valence-electron chi connectivity index (χ1n) is 10.8. The largest absolute Gasteiger partial charge is 0.506 e. The quantitative estimate of drug-likeness (QED) is 0.219. The fourth-order valence-corrected chi connectivity index (χ4v) is 4.14. The SMILES string of the molecule is COc1cc(NC2=NCC(O)CN2)nc(C(=O)NCC(=O)N[C@@H](CC(=O)O)c2cc(Cl)cc(Br)c2O)c1. The summed E-state index contributed by atoms with van der Waals surface area (Å²) in [5.74, 6) is -2.00. The number of amides is 2. The summed E-state index contributed by atoms with van der Waals surface area (Å²) in [6.45, 7) is -0.00909. The van der Waals surface area contributed by atoms with Gasteiger partial charge < -0.3 is 41.3 Å². The Bertz CT molecular complexity index is 1230. The van der Waals surface area contributed by atoms with Gasteiger partial charge in [0, 0.05) is 29.3 Å². The number of aliphatic imine (C=N–C) groups is 1. The zero-order valence-electron chi connectivity index (χ0n) is 19.4. The zero-order chi connectivity index (χ0) is 27.1. The van der Waals surface area contributed by atoms with Crippen LogP contribution in [0.1, 0.15) is 28.5 Å². The van der Waals surface area contributed by atoms with E-state index in [1.54, 1.807) is 0 Å². The molecule has 2 aromatic rings. The first-order valence-corrected chi connectivity index (χ1v) is 12.0. The minimum absolute atomic E-state index is 0.0652. The molecule has 0 spiro atoms. The summed E-state index contributed by atoms with van der Waals surface area (Å²) in [7, 11) is 1.41. The van der Waals surface area contributed by atoms with E-state index in [1.807, 2.05) is 0 Å². The number of hydrogen-bond donors (Lipinski definition) is 7. The van der Waals surface area contributed by atoms with E-state index in [0.717, 1.165) is 0 Å². The van der Waals surface area contributed by atoms with Crippen LogP contribution in [0.15, 0.2) is 33.7 Å². The highest BCUT2D eigenvalue weighted by molar-refractivity contribution is 9.10. The van der Waals surface area contributed by atoms with E-state index in [0.29, 0.717) is 18.3 Å². The number of nitrogens with zero attached hydrogens (tertiary/aromatic N) is 2. The van der Waals surface area contributed by atoms with E-state index in [2.05, 4.69) is 47.2 Å². The molecule has 13 nitrogen and oxygen atoms in total. The Morgan fingerprint density at radius 1 is 1.30 bits per heavy atom. The number of aliphatic hydroxyl groups is 1. The van der Waals surface area contributed by atoms with Crippen molar-refractivity contribution in [3.05, 3.63) is 45.0 Å². The molecule has 7 N–H and O–H groups in total. The number of anilines is 1. The summed E-state index contributed by atoms with van der Waals surface area (Å²) in [6.07, 6.45) is -1.14.